The molecule has 148 valence electrons. The van der Waals surface area contributed by atoms with Gasteiger partial charge in [-0.2, -0.15) is 13.2 Å². The molecule has 1 saturated heterocycles. The molecule has 0 aromatic carbocycles. The Kier molecular flexibility index (Phi) is 6.01. The number of hydrogen-bond donors (Lipinski definition) is 2. The van der Waals surface area contributed by atoms with Gasteiger partial charge in [-0.05, 0) is 38.0 Å². The summed E-state index contributed by atoms with van der Waals surface area (Å²) in [6, 6.07) is -0.536. The van der Waals surface area contributed by atoms with E-state index in [1.165, 1.54) is 5.01 Å². The van der Waals surface area contributed by atoms with E-state index in [-0.39, 0.29) is 37.8 Å². The molecule has 0 aromatic heterocycles. The fourth-order valence-electron chi connectivity index (χ4n) is 4.34. The number of carbonyl (C=O) groups is 2. The standard InChI is InChI=1S/C17H25ClF3N3O2/c18-12-6-5-11(17(19,20)21)8-14(12)22-15(25)9-24-16(26)7-10-3-1-2-4-13(10)23-24/h10-14,23H,1-9H2,(H,22,25). The normalized spacial score (nSPS) is 35.8. The summed E-state index contributed by atoms with van der Waals surface area (Å²) in [5.41, 5.74) is 3.13. The summed E-state index contributed by atoms with van der Waals surface area (Å²) < 4.78 is 38.8. The van der Waals surface area contributed by atoms with Crippen LogP contribution in [-0.4, -0.2) is 47.0 Å². The third-order valence-corrected chi connectivity index (χ3v) is 6.37. The van der Waals surface area contributed by atoms with Crippen LogP contribution in [-0.2, 0) is 9.59 Å². The van der Waals surface area contributed by atoms with Gasteiger partial charge in [0.05, 0.1) is 11.3 Å². The summed E-state index contributed by atoms with van der Waals surface area (Å²) in [5.74, 6) is -1.74. The maximum atomic E-state index is 12.9. The third kappa shape index (κ3) is 4.63. The van der Waals surface area contributed by atoms with Gasteiger partial charge >= 0.3 is 6.18 Å². The van der Waals surface area contributed by atoms with Crippen LogP contribution in [0.15, 0.2) is 0 Å². The number of nitrogens with zero attached hydrogens (tertiary/aromatic N) is 1. The molecule has 2 aliphatic carbocycles. The highest BCUT2D eigenvalue weighted by Crippen LogP contribution is 2.39. The molecule has 3 fully saturated rings. The van der Waals surface area contributed by atoms with Crippen LogP contribution in [0.4, 0.5) is 13.2 Å². The molecule has 0 bridgehead atoms. The van der Waals surface area contributed by atoms with E-state index < -0.39 is 29.4 Å². The lowest BCUT2D eigenvalue weighted by molar-refractivity contribution is -0.183. The van der Waals surface area contributed by atoms with Crippen molar-refractivity contribution in [2.75, 3.05) is 6.54 Å². The van der Waals surface area contributed by atoms with Crippen LogP contribution in [0.25, 0.3) is 0 Å². The quantitative estimate of drug-likeness (QED) is 0.722. The van der Waals surface area contributed by atoms with Gasteiger partial charge in [0.1, 0.15) is 6.54 Å². The molecule has 2 N–H and O–H groups in total. The minimum absolute atomic E-state index is 0.0146. The highest BCUT2D eigenvalue weighted by Gasteiger charge is 2.45. The second kappa shape index (κ2) is 7.92. The second-order valence-electron chi connectivity index (χ2n) is 7.71. The summed E-state index contributed by atoms with van der Waals surface area (Å²) in [7, 11) is 0. The first-order valence-electron chi connectivity index (χ1n) is 9.30. The molecule has 0 spiro atoms. The summed E-state index contributed by atoms with van der Waals surface area (Å²) in [6.07, 6.45) is 0.320. The van der Waals surface area contributed by atoms with Gasteiger partial charge in [-0.25, -0.2) is 5.43 Å². The third-order valence-electron chi connectivity index (χ3n) is 5.85. The highest BCUT2D eigenvalue weighted by molar-refractivity contribution is 6.21. The summed E-state index contributed by atoms with van der Waals surface area (Å²) in [5, 5.41) is 3.40. The first-order valence-corrected chi connectivity index (χ1v) is 9.74. The van der Waals surface area contributed by atoms with E-state index in [1.807, 2.05) is 0 Å². The molecular formula is C17H25ClF3N3O2. The van der Waals surface area contributed by atoms with Crippen molar-refractivity contribution in [3.8, 4) is 0 Å². The van der Waals surface area contributed by atoms with Crippen molar-refractivity contribution >= 4 is 23.4 Å². The van der Waals surface area contributed by atoms with Gasteiger partial charge in [-0.3, -0.25) is 14.6 Å². The van der Waals surface area contributed by atoms with Gasteiger partial charge in [0, 0.05) is 18.5 Å². The zero-order valence-corrected chi connectivity index (χ0v) is 15.3. The maximum absolute atomic E-state index is 12.9. The molecule has 0 radical (unpaired) electrons. The van der Waals surface area contributed by atoms with Crippen molar-refractivity contribution in [1.82, 2.24) is 15.8 Å². The molecule has 1 heterocycles. The molecule has 9 heteroatoms. The van der Waals surface area contributed by atoms with Gasteiger partial charge in [-0.15, -0.1) is 11.6 Å². The maximum Gasteiger partial charge on any atom is 0.391 e. The van der Waals surface area contributed by atoms with Gasteiger partial charge in [0.2, 0.25) is 11.8 Å². The van der Waals surface area contributed by atoms with Crippen LogP contribution in [0.3, 0.4) is 0 Å². The minimum Gasteiger partial charge on any atom is -0.350 e. The van der Waals surface area contributed by atoms with E-state index in [0.717, 1.165) is 25.7 Å². The zero-order valence-electron chi connectivity index (χ0n) is 14.5. The summed E-state index contributed by atoms with van der Waals surface area (Å²) in [4.78, 5) is 24.5. The van der Waals surface area contributed by atoms with Gasteiger partial charge in [-0.1, -0.05) is 12.8 Å². The largest absolute Gasteiger partial charge is 0.391 e. The Morgan fingerprint density at radius 1 is 1.23 bits per heavy atom. The number of alkyl halides is 4. The van der Waals surface area contributed by atoms with Crippen LogP contribution in [0, 0.1) is 11.8 Å². The topological polar surface area (TPSA) is 61.4 Å². The van der Waals surface area contributed by atoms with Crippen molar-refractivity contribution in [3.05, 3.63) is 0 Å². The van der Waals surface area contributed by atoms with Gasteiger partial charge < -0.3 is 5.32 Å². The van der Waals surface area contributed by atoms with Crippen molar-refractivity contribution in [2.24, 2.45) is 11.8 Å². The Labute approximate surface area is 156 Å². The average molecular weight is 396 g/mol. The summed E-state index contributed by atoms with van der Waals surface area (Å²) >= 11 is 6.13. The summed E-state index contributed by atoms with van der Waals surface area (Å²) in [6.45, 7) is -0.196. The Morgan fingerprint density at radius 3 is 2.69 bits per heavy atom. The van der Waals surface area contributed by atoms with E-state index in [9.17, 15) is 22.8 Å². The van der Waals surface area contributed by atoms with Crippen LogP contribution in [0.5, 0.6) is 0 Å². The number of carbonyl (C=O) groups excluding carboxylic acids is 2. The molecule has 5 unspecified atom stereocenters. The Hall–Kier alpha value is -1.02. The molecule has 1 aliphatic heterocycles. The zero-order chi connectivity index (χ0) is 18.9. The van der Waals surface area contributed by atoms with Crippen molar-refractivity contribution < 1.29 is 22.8 Å². The number of fused-ring (bicyclic) bond motifs is 1. The second-order valence-corrected chi connectivity index (χ2v) is 8.27. The monoisotopic (exact) mass is 395 g/mol. The molecule has 0 aromatic rings. The number of hydrazine groups is 1. The average Bonchev–Trinajstić information content (AvgIpc) is 2.56. The van der Waals surface area contributed by atoms with E-state index in [4.69, 9.17) is 11.6 Å². The number of hydrogen-bond acceptors (Lipinski definition) is 3. The Morgan fingerprint density at radius 2 is 1.96 bits per heavy atom. The SMILES string of the molecule is O=C(CN1NC2CCCCC2CC1=O)NC1CC(C(F)(F)F)CCC1Cl. The molecule has 5 nitrogen and oxygen atoms in total. The predicted molar refractivity (Wildman–Crippen MR) is 90.2 cm³/mol. The van der Waals surface area contributed by atoms with Crippen LogP contribution >= 0.6 is 11.6 Å². The molecule has 5 atom stereocenters. The Balaban J connectivity index is 1.53. The van der Waals surface area contributed by atoms with E-state index in [2.05, 4.69) is 10.7 Å². The van der Waals surface area contributed by atoms with Crippen LogP contribution in [0.1, 0.15) is 51.4 Å². The minimum atomic E-state index is -4.28. The van der Waals surface area contributed by atoms with E-state index >= 15 is 0 Å². The number of halogens is 4. The van der Waals surface area contributed by atoms with Crippen LogP contribution < -0.4 is 10.7 Å². The van der Waals surface area contributed by atoms with E-state index in [0.29, 0.717) is 12.3 Å². The molecule has 3 rings (SSSR count). The van der Waals surface area contributed by atoms with Crippen LogP contribution in [0.2, 0.25) is 0 Å². The fraction of sp³-hybridized carbons (Fsp3) is 0.882. The highest BCUT2D eigenvalue weighted by atomic mass is 35.5. The van der Waals surface area contributed by atoms with Gasteiger partial charge in [0.15, 0.2) is 0 Å². The molecule has 3 aliphatic rings. The smallest absolute Gasteiger partial charge is 0.350 e. The lowest BCUT2D eigenvalue weighted by Crippen LogP contribution is -2.60. The van der Waals surface area contributed by atoms with Gasteiger partial charge in [0.25, 0.3) is 0 Å². The van der Waals surface area contributed by atoms with E-state index in [1.54, 1.807) is 0 Å². The Bertz CT molecular complexity index is 546. The number of nitrogens with one attached hydrogen (secondary N) is 2. The fourth-order valence-corrected chi connectivity index (χ4v) is 4.63. The number of amides is 2. The molecular weight excluding hydrogens is 371 g/mol. The molecule has 2 amide bonds. The molecule has 2 saturated carbocycles. The van der Waals surface area contributed by atoms with Crippen molar-refractivity contribution in [1.29, 1.82) is 0 Å². The van der Waals surface area contributed by atoms with Crippen molar-refractivity contribution in [2.45, 2.75) is 75.0 Å². The lowest BCUT2D eigenvalue weighted by Gasteiger charge is -2.41. The van der Waals surface area contributed by atoms with Crippen molar-refractivity contribution in [3.63, 3.8) is 0 Å². The number of rotatable bonds is 3. The first kappa shape index (κ1) is 19.7. The predicted octanol–water partition coefficient (Wildman–Crippen LogP) is 2.74. The first-order chi connectivity index (χ1) is 12.2. The molecule has 26 heavy (non-hydrogen) atoms. The lowest BCUT2D eigenvalue weighted by atomic mass is 9.81.